The Balaban J connectivity index is 2.47. The number of anilines is 1. The molecule has 0 saturated carbocycles. The lowest BCUT2D eigenvalue weighted by Crippen LogP contribution is -2.08. The Hall–Kier alpha value is -1.98. The number of nitrogen functional groups attached to an aromatic ring is 1. The number of benzene rings is 1. The lowest BCUT2D eigenvalue weighted by atomic mass is 10.2. The first-order chi connectivity index (χ1) is 7.48. The standard InChI is InChI=1S/C10H7F3N2O/c11-10(12,13)7-8(14)16-9(15-7)6-4-2-1-3-5-6/h1-5H,14H2. The number of alkyl halides is 3. The van der Waals surface area contributed by atoms with Crippen molar-refractivity contribution in [3.8, 4) is 11.5 Å². The van der Waals surface area contributed by atoms with Crippen LogP contribution in [0.3, 0.4) is 0 Å². The van der Waals surface area contributed by atoms with Gasteiger partial charge in [-0.1, -0.05) is 18.2 Å². The SMILES string of the molecule is Nc1oc(-c2ccccc2)nc1C(F)(F)F. The van der Waals surface area contributed by atoms with Gasteiger partial charge in [0, 0.05) is 5.56 Å². The molecule has 0 aliphatic rings. The van der Waals surface area contributed by atoms with Crippen LogP contribution in [-0.4, -0.2) is 4.98 Å². The van der Waals surface area contributed by atoms with Gasteiger partial charge in [0.2, 0.25) is 17.5 Å². The summed E-state index contributed by atoms with van der Waals surface area (Å²) in [4.78, 5) is 3.33. The van der Waals surface area contributed by atoms with E-state index < -0.39 is 17.8 Å². The maximum absolute atomic E-state index is 12.4. The zero-order valence-corrected chi connectivity index (χ0v) is 7.95. The van der Waals surface area contributed by atoms with Crippen molar-refractivity contribution in [1.82, 2.24) is 4.98 Å². The van der Waals surface area contributed by atoms with Crippen LogP contribution in [0.1, 0.15) is 5.69 Å². The summed E-state index contributed by atoms with van der Waals surface area (Å²) in [6.07, 6.45) is -4.60. The fourth-order valence-electron chi connectivity index (χ4n) is 1.24. The molecule has 16 heavy (non-hydrogen) atoms. The molecule has 0 spiro atoms. The number of rotatable bonds is 1. The molecule has 1 aromatic carbocycles. The molecule has 1 aromatic heterocycles. The second-order valence-corrected chi connectivity index (χ2v) is 3.10. The molecule has 3 nitrogen and oxygen atoms in total. The summed E-state index contributed by atoms with van der Waals surface area (Å²) in [6.45, 7) is 0. The van der Waals surface area contributed by atoms with E-state index in [0.29, 0.717) is 5.56 Å². The van der Waals surface area contributed by atoms with Crippen LogP contribution in [0.25, 0.3) is 11.5 Å². The van der Waals surface area contributed by atoms with Crippen molar-refractivity contribution in [3.05, 3.63) is 36.0 Å². The molecular weight excluding hydrogens is 221 g/mol. The van der Waals surface area contributed by atoms with Crippen LogP contribution in [0, 0.1) is 0 Å². The number of hydrogen-bond acceptors (Lipinski definition) is 3. The molecule has 0 atom stereocenters. The highest BCUT2D eigenvalue weighted by Gasteiger charge is 2.38. The lowest BCUT2D eigenvalue weighted by molar-refractivity contribution is -0.140. The minimum Gasteiger partial charge on any atom is -0.420 e. The van der Waals surface area contributed by atoms with Crippen LogP contribution in [-0.2, 0) is 6.18 Å². The Bertz CT molecular complexity index is 491. The van der Waals surface area contributed by atoms with Crippen molar-refractivity contribution < 1.29 is 17.6 Å². The predicted octanol–water partition coefficient (Wildman–Crippen LogP) is 2.94. The van der Waals surface area contributed by atoms with E-state index in [1.165, 1.54) is 0 Å². The Labute approximate surface area is 88.7 Å². The van der Waals surface area contributed by atoms with Crippen molar-refractivity contribution in [2.45, 2.75) is 6.18 Å². The second kappa shape index (κ2) is 3.55. The molecular formula is C10H7F3N2O. The van der Waals surface area contributed by atoms with E-state index in [9.17, 15) is 13.2 Å². The van der Waals surface area contributed by atoms with Crippen LogP contribution in [0.15, 0.2) is 34.7 Å². The Kier molecular flexibility index (Phi) is 2.34. The summed E-state index contributed by atoms with van der Waals surface area (Å²) in [5.74, 6) is -0.850. The number of oxazole rings is 1. The molecule has 2 rings (SSSR count). The molecule has 84 valence electrons. The first-order valence-electron chi connectivity index (χ1n) is 4.37. The second-order valence-electron chi connectivity index (χ2n) is 3.10. The van der Waals surface area contributed by atoms with Crippen molar-refractivity contribution in [1.29, 1.82) is 0 Å². The molecule has 0 aliphatic heterocycles. The summed E-state index contributed by atoms with van der Waals surface area (Å²) >= 11 is 0. The summed E-state index contributed by atoms with van der Waals surface area (Å²) in [5, 5.41) is 0. The molecule has 0 aliphatic carbocycles. The zero-order valence-electron chi connectivity index (χ0n) is 7.95. The van der Waals surface area contributed by atoms with Crippen LogP contribution < -0.4 is 5.73 Å². The Morgan fingerprint density at radius 1 is 1.12 bits per heavy atom. The van der Waals surface area contributed by atoms with E-state index in [2.05, 4.69) is 4.98 Å². The topological polar surface area (TPSA) is 52.0 Å². The van der Waals surface area contributed by atoms with Crippen molar-refractivity contribution >= 4 is 5.88 Å². The molecule has 0 saturated heterocycles. The van der Waals surface area contributed by atoms with Gasteiger partial charge in [-0.15, -0.1) is 0 Å². The average Bonchev–Trinajstić information content (AvgIpc) is 2.61. The largest absolute Gasteiger partial charge is 0.438 e. The quantitative estimate of drug-likeness (QED) is 0.816. The van der Waals surface area contributed by atoms with Crippen LogP contribution in [0.4, 0.5) is 19.1 Å². The van der Waals surface area contributed by atoms with E-state index in [1.54, 1.807) is 30.3 Å². The summed E-state index contributed by atoms with van der Waals surface area (Å²) in [6, 6.07) is 8.25. The molecule has 0 amide bonds. The number of aromatic nitrogens is 1. The van der Waals surface area contributed by atoms with Crippen LogP contribution in [0.5, 0.6) is 0 Å². The van der Waals surface area contributed by atoms with Gasteiger partial charge in [0.15, 0.2) is 0 Å². The maximum Gasteiger partial charge on any atom is 0.438 e. The summed E-state index contributed by atoms with van der Waals surface area (Å²) in [5.41, 5.74) is 4.38. The highest BCUT2D eigenvalue weighted by molar-refractivity contribution is 5.55. The molecule has 0 bridgehead atoms. The normalized spacial score (nSPS) is 11.7. The monoisotopic (exact) mass is 228 g/mol. The smallest absolute Gasteiger partial charge is 0.420 e. The minimum absolute atomic E-state index is 0.134. The van der Waals surface area contributed by atoms with Gasteiger partial charge >= 0.3 is 6.18 Å². The molecule has 0 fully saturated rings. The van der Waals surface area contributed by atoms with Crippen LogP contribution in [0.2, 0.25) is 0 Å². The summed E-state index contributed by atoms with van der Waals surface area (Å²) in [7, 11) is 0. The van der Waals surface area contributed by atoms with Gasteiger partial charge in [-0.2, -0.15) is 13.2 Å². The van der Waals surface area contributed by atoms with E-state index in [4.69, 9.17) is 10.2 Å². The highest BCUT2D eigenvalue weighted by atomic mass is 19.4. The number of halogens is 3. The number of nitrogens with two attached hydrogens (primary N) is 1. The number of nitrogens with zero attached hydrogens (tertiary/aromatic N) is 1. The van der Waals surface area contributed by atoms with Crippen molar-refractivity contribution in [3.63, 3.8) is 0 Å². The number of hydrogen-bond donors (Lipinski definition) is 1. The molecule has 0 radical (unpaired) electrons. The fraction of sp³-hybridized carbons (Fsp3) is 0.100. The van der Waals surface area contributed by atoms with Gasteiger partial charge in [0.25, 0.3) is 0 Å². The lowest BCUT2D eigenvalue weighted by Gasteiger charge is -2.00. The predicted molar refractivity (Wildman–Crippen MR) is 51.4 cm³/mol. The van der Waals surface area contributed by atoms with Gasteiger partial charge < -0.3 is 10.2 Å². The zero-order chi connectivity index (χ0) is 11.8. The maximum atomic E-state index is 12.4. The van der Waals surface area contributed by atoms with E-state index >= 15 is 0 Å². The van der Waals surface area contributed by atoms with Crippen LogP contribution >= 0.6 is 0 Å². The van der Waals surface area contributed by atoms with E-state index in [1.807, 2.05) is 0 Å². The third-order valence-electron chi connectivity index (χ3n) is 1.94. The molecule has 2 aromatic rings. The van der Waals surface area contributed by atoms with Gasteiger partial charge in [-0.25, -0.2) is 4.98 Å². The minimum atomic E-state index is -4.60. The third-order valence-corrected chi connectivity index (χ3v) is 1.94. The van der Waals surface area contributed by atoms with E-state index in [0.717, 1.165) is 0 Å². The molecule has 6 heteroatoms. The van der Waals surface area contributed by atoms with E-state index in [-0.39, 0.29) is 5.89 Å². The molecule has 2 N–H and O–H groups in total. The van der Waals surface area contributed by atoms with Crippen molar-refractivity contribution in [2.75, 3.05) is 5.73 Å². The fourth-order valence-corrected chi connectivity index (χ4v) is 1.24. The Morgan fingerprint density at radius 2 is 1.75 bits per heavy atom. The third kappa shape index (κ3) is 1.86. The summed E-state index contributed by atoms with van der Waals surface area (Å²) < 4.78 is 41.9. The highest BCUT2D eigenvalue weighted by Crippen LogP contribution is 2.35. The molecule has 0 unspecified atom stereocenters. The van der Waals surface area contributed by atoms with Gasteiger partial charge in [0.05, 0.1) is 0 Å². The Morgan fingerprint density at radius 3 is 2.25 bits per heavy atom. The van der Waals surface area contributed by atoms with Gasteiger partial charge in [-0.05, 0) is 12.1 Å². The van der Waals surface area contributed by atoms with Gasteiger partial charge in [0.1, 0.15) is 0 Å². The molecule has 1 heterocycles. The van der Waals surface area contributed by atoms with Crippen molar-refractivity contribution in [2.24, 2.45) is 0 Å². The van der Waals surface area contributed by atoms with Gasteiger partial charge in [-0.3, -0.25) is 0 Å². The first kappa shape index (κ1) is 10.5. The first-order valence-corrected chi connectivity index (χ1v) is 4.37. The average molecular weight is 228 g/mol.